The van der Waals surface area contributed by atoms with Crippen molar-refractivity contribution in [1.29, 1.82) is 0 Å². The molecule has 0 saturated heterocycles. The number of unbranched alkanes of at least 4 members (excludes halogenated alkanes) is 21. The lowest BCUT2D eigenvalue weighted by atomic mass is 10.0. The Bertz CT molecular complexity index is 1050. The molecule has 336 valence electrons. The van der Waals surface area contributed by atoms with Crippen LogP contribution in [0.2, 0.25) is 0 Å². The van der Waals surface area contributed by atoms with E-state index in [9.17, 15) is 19.8 Å². The van der Waals surface area contributed by atoms with Crippen LogP contribution in [-0.2, 0) is 14.3 Å². The van der Waals surface area contributed by atoms with E-state index in [4.69, 9.17) is 4.74 Å². The molecule has 3 N–H and O–H groups in total. The van der Waals surface area contributed by atoms with Gasteiger partial charge in [0.05, 0.1) is 25.2 Å². The molecule has 6 heteroatoms. The average Bonchev–Trinajstić information content (AvgIpc) is 3.22. The smallest absolute Gasteiger partial charge is 0.306 e. The van der Waals surface area contributed by atoms with Gasteiger partial charge in [-0.25, -0.2) is 0 Å². The molecule has 0 spiro atoms. The highest BCUT2D eigenvalue weighted by Crippen LogP contribution is 2.16. The number of carbonyl (C=O) groups is 2. The zero-order valence-corrected chi connectivity index (χ0v) is 38.2. The molecule has 0 fully saturated rings. The minimum atomic E-state index is -0.803. The molecule has 0 aromatic heterocycles. The number of carbonyl (C=O) groups excluding carboxylic acids is 2. The van der Waals surface area contributed by atoms with E-state index in [0.717, 1.165) is 83.5 Å². The number of aliphatic hydroxyl groups is 2. The normalized spacial score (nSPS) is 13.8. The first kappa shape index (κ1) is 55.6. The summed E-state index contributed by atoms with van der Waals surface area (Å²) in [6, 6.07) is -0.721. The lowest BCUT2D eigenvalue weighted by molar-refractivity contribution is -0.151. The van der Waals surface area contributed by atoms with Gasteiger partial charge in [0.25, 0.3) is 0 Å². The summed E-state index contributed by atoms with van der Waals surface area (Å²) in [4.78, 5) is 26.0. The van der Waals surface area contributed by atoms with Crippen LogP contribution in [-0.4, -0.2) is 46.9 Å². The lowest BCUT2D eigenvalue weighted by Gasteiger charge is -2.24. The minimum absolute atomic E-state index is 0.0327. The first-order chi connectivity index (χ1) is 28.5. The van der Waals surface area contributed by atoms with Gasteiger partial charge >= 0.3 is 5.97 Å². The summed E-state index contributed by atoms with van der Waals surface area (Å²) in [6.45, 7) is 6.40. The van der Waals surface area contributed by atoms with E-state index in [0.29, 0.717) is 19.3 Å². The van der Waals surface area contributed by atoms with Gasteiger partial charge < -0.3 is 20.3 Å². The van der Waals surface area contributed by atoms with Crippen molar-refractivity contribution < 1.29 is 24.5 Å². The van der Waals surface area contributed by atoms with Gasteiger partial charge in [0, 0.05) is 6.42 Å². The van der Waals surface area contributed by atoms with Crippen LogP contribution >= 0.6 is 0 Å². The lowest BCUT2D eigenvalue weighted by Crippen LogP contribution is -2.46. The summed E-state index contributed by atoms with van der Waals surface area (Å²) < 4.78 is 5.88. The predicted molar refractivity (Wildman–Crippen MR) is 250 cm³/mol. The highest BCUT2D eigenvalue weighted by Gasteiger charge is 2.24. The molecule has 0 heterocycles. The number of amides is 1. The maximum absolute atomic E-state index is 13.1. The molecular weight excluding hydrogens is 719 g/mol. The Kier molecular flexibility index (Phi) is 43.7. The van der Waals surface area contributed by atoms with Crippen LogP contribution in [0.25, 0.3) is 0 Å². The summed E-state index contributed by atoms with van der Waals surface area (Å²) in [5, 5.41) is 23.6. The van der Waals surface area contributed by atoms with Crippen LogP contribution in [0.5, 0.6) is 0 Å². The third-order valence-corrected chi connectivity index (χ3v) is 10.8. The maximum Gasteiger partial charge on any atom is 0.306 e. The summed E-state index contributed by atoms with van der Waals surface area (Å²) in [5.74, 6) is -0.549. The summed E-state index contributed by atoms with van der Waals surface area (Å²) in [5.41, 5.74) is 0. The van der Waals surface area contributed by atoms with Crippen molar-refractivity contribution in [3.8, 4) is 0 Å². The third-order valence-electron chi connectivity index (χ3n) is 10.8. The Balaban J connectivity index is 4.74. The molecule has 1 amide bonds. The topological polar surface area (TPSA) is 95.9 Å². The summed E-state index contributed by atoms with van der Waals surface area (Å²) in [6.07, 6.45) is 55.7. The van der Waals surface area contributed by atoms with Crippen molar-refractivity contribution in [1.82, 2.24) is 5.32 Å². The van der Waals surface area contributed by atoms with Gasteiger partial charge in [-0.1, -0.05) is 191 Å². The number of ether oxygens (including phenoxy) is 1. The highest BCUT2D eigenvalue weighted by molar-refractivity contribution is 5.77. The zero-order valence-electron chi connectivity index (χ0n) is 38.2. The molecular formula is C52H93NO5. The molecule has 0 rings (SSSR count). The fourth-order valence-electron chi connectivity index (χ4n) is 7.06. The third kappa shape index (κ3) is 40.3. The first-order valence-corrected chi connectivity index (χ1v) is 24.5. The predicted octanol–water partition coefficient (Wildman–Crippen LogP) is 14.5. The Morgan fingerprint density at radius 1 is 0.500 bits per heavy atom. The van der Waals surface area contributed by atoms with Gasteiger partial charge in [0.15, 0.2) is 0 Å². The van der Waals surface area contributed by atoms with Crippen molar-refractivity contribution in [2.45, 2.75) is 251 Å². The van der Waals surface area contributed by atoms with Crippen LogP contribution in [0.15, 0.2) is 60.8 Å². The minimum Gasteiger partial charge on any atom is -0.462 e. The molecule has 58 heavy (non-hydrogen) atoms. The van der Waals surface area contributed by atoms with Crippen LogP contribution in [0, 0.1) is 0 Å². The molecule has 0 saturated carbocycles. The van der Waals surface area contributed by atoms with Crippen molar-refractivity contribution >= 4 is 11.9 Å². The van der Waals surface area contributed by atoms with Gasteiger partial charge in [-0.3, -0.25) is 9.59 Å². The molecule has 6 nitrogen and oxygen atoms in total. The molecule has 0 aliphatic heterocycles. The van der Waals surface area contributed by atoms with Gasteiger partial charge in [-0.2, -0.15) is 0 Å². The molecule has 3 atom stereocenters. The summed E-state index contributed by atoms with van der Waals surface area (Å²) >= 11 is 0. The first-order valence-electron chi connectivity index (χ1n) is 24.5. The van der Waals surface area contributed by atoms with E-state index < -0.39 is 18.2 Å². The van der Waals surface area contributed by atoms with E-state index in [1.54, 1.807) is 0 Å². The van der Waals surface area contributed by atoms with Crippen LogP contribution in [0.1, 0.15) is 233 Å². The largest absolute Gasteiger partial charge is 0.462 e. The fourth-order valence-corrected chi connectivity index (χ4v) is 7.06. The number of esters is 1. The quantitative estimate of drug-likeness (QED) is 0.0324. The summed E-state index contributed by atoms with van der Waals surface area (Å²) in [7, 11) is 0. The SMILES string of the molecule is CCCCC/C=C\C/C=C\C/C=C\C/C=C\CCCC(CC(=O)NC(CO)C(O)CCCCCCCCCCC)OC(=O)CCCCC/C=C\CCCCCCCC. The van der Waals surface area contributed by atoms with E-state index in [1.165, 1.54) is 103 Å². The van der Waals surface area contributed by atoms with Gasteiger partial charge in [0.1, 0.15) is 6.10 Å². The van der Waals surface area contributed by atoms with E-state index in [-0.39, 0.29) is 24.9 Å². The number of allylic oxidation sites excluding steroid dienone is 10. The Labute approximate surface area is 358 Å². The molecule has 3 unspecified atom stereocenters. The van der Waals surface area contributed by atoms with Gasteiger partial charge in [-0.05, 0) is 89.9 Å². The number of aliphatic hydroxyl groups excluding tert-OH is 2. The molecule has 0 aromatic rings. The number of hydrogen-bond acceptors (Lipinski definition) is 5. The molecule has 0 aliphatic rings. The van der Waals surface area contributed by atoms with Crippen LogP contribution < -0.4 is 5.32 Å². The monoisotopic (exact) mass is 812 g/mol. The van der Waals surface area contributed by atoms with Gasteiger partial charge in [-0.15, -0.1) is 0 Å². The van der Waals surface area contributed by atoms with Crippen molar-refractivity contribution in [2.24, 2.45) is 0 Å². The second-order valence-corrected chi connectivity index (χ2v) is 16.5. The average molecular weight is 812 g/mol. The van der Waals surface area contributed by atoms with E-state index in [1.807, 2.05) is 0 Å². The molecule has 0 bridgehead atoms. The fraction of sp³-hybridized carbons (Fsp3) is 0.769. The second-order valence-electron chi connectivity index (χ2n) is 16.5. The molecule has 0 radical (unpaired) electrons. The highest BCUT2D eigenvalue weighted by atomic mass is 16.5. The number of nitrogens with one attached hydrogen (secondary N) is 1. The number of hydrogen-bond donors (Lipinski definition) is 3. The number of rotatable bonds is 43. The maximum atomic E-state index is 13.1. The van der Waals surface area contributed by atoms with Gasteiger partial charge in [0.2, 0.25) is 5.91 Å². The van der Waals surface area contributed by atoms with Crippen LogP contribution in [0.4, 0.5) is 0 Å². The molecule has 0 aliphatic carbocycles. The van der Waals surface area contributed by atoms with E-state index >= 15 is 0 Å². The Morgan fingerprint density at radius 2 is 0.897 bits per heavy atom. The Morgan fingerprint density at radius 3 is 1.41 bits per heavy atom. The zero-order chi connectivity index (χ0) is 42.4. The van der Waals surface area contributed by atoms with E-state index in [2.05, 4.69) is 86.8 Å². The van der Waals surface area contributed by atoms with Crippen molar-refractivity contribution in [3.63, 3.8) is 0 Å². The van der Waals surface area contributed by atoms with Crippen molar-refractivity contribution in [2.75, 3.05) is 6.61 Å². The standard InChI is InChI=1S/C52H93NO5/c1-4-7-10-13-16-19-21-23-24-25-26-28-29-32-34-37-40-43-48(58-52(57)45-42-39-36-33-30-27-22-20-17-14-11-8-5-2)46-51(56)53-49(47-54)50(55)44-41-38-35-31-18-15-12-9-6-3/h16,19,23-24,26-28,30,32,34,48-50,54-55H,4-15,17-18,20-22,25,29,31,33,35-47H2,1-3H3,(H,53,56)/b19-16-,24-23-,28-26-,30-27-,34-32-. The van der Waals surface area contributed by atoms with Crippen LogP contribution in [0.3, 0.4) is 0 Å². The second kappa shape index (κ2) is 45.6. The van der Waals surface area contributed by atoms with Crippen molar-refractivity contribution in [3.05, 3.63) is 60.8 Å². The Hall–Kier alpha value is -2.44. The molecule has 0 aromatic carbocycles.